The predicted molar refractivity (Wildman–Crippen MR) is 70.8 cm³/mol. The maximum Gasteiger partial charge on any atom is 0.320 e. The molecule has 5 nitrogen and oxygen atoms in total. The van der Waals surface area contributed by atoms with E-state index in [1.54, 1.807) is 24.0 Å². The van der Waals surface area contributed by atoms with E-state index in [-0.39, 0.29) is 19.5 Å². The molecule has 1 aromatic carbocycles. The first-order valence-electron chi connectivity index (χ1n) is 6.37. The van der Waals surface area contributed by atoms with Crippen molar-refractivity contribution in [1.82, 2.24) is 4.90 Å². The molecular weight excluding hydrogens is 265 g/mol. The highest BCUT2D eigenvalue weighted by molar-refractivity contribution is 5.73. The molecule has 0 heterocycles. The van der Waals surface area contributed by atoms with Crippen molar-refractivity contribution in [3.8, 4) is 0 Å². The van der Waals surface area contributed by atoms with Crippen molar-refractivity contribution in [2.75, 3.05) is 6.54 Å². The Morgan fingerprint density at radius 2 is 2.05 bits per heavy atom. The maximum absolute atomic E-state index is 13.1. The first-order chi connectivity index (χ1) is 9.43. The Morgan fingerprint density at radius 1 is 1.35 bits per heavy atom. The minimum atomic E-state index is -1.01. The highest BCUT2D eigenvalue weighted by atomic mass is 19.1. The number of nitrogens with zero attached hydrogens (tertiary/aromatic N) is 1. The van der Waals surface area contributed by atoms with Crippen LogP contribution in [0.5, 0.6) is 0 Å². The molecule has 0 amide bonds. The summed E-state index contributed by atoms with van der Waals surface area (Å²) in [4.78, 5) is 23.4. The van der Waals surface area contributed by atoms with Crippen LogP contribution < -0.4 is 0 Å². The molecule has 2 N–H and O–H groups in total. The fourth-order valence-corrected chi connectivity index (χ4v) is 2.04. The van der Waals surface area contributed by atoms with Crippen LogP contribution in [0.1, 0.15) is 25.3 Å². The minimum Gasteiger partial charge on any atom is -0.481 e. The number of hydrogen-bond donors (Lipinski definition) is 2. The fourth-order valence-electron chi connectivity index (χ4n) is 2.04. The van der Waals surface area contributed by atoms with E-state index in [1.165, 1.54) is 12.1 Å². The zero-order valence-corrected chi connectivity index (χ0v) is 11.3. The average Bonchev–Trinajstić information content (AvgIpc) is 2.36. The van der Waals surface area contributed by atoms with E-state index in [4.69, 9.17) is 5.11 Å². The summed E-state index contributed by atoms with van der Waals surface area (Å²) in [6.45, 7) is 2.03. The molecule has 0 aromatic heterocycles. The molecule has 0 spiro atoms. The number of carboxylic acid groups (broad SMARTS) is 2. The molecule has 0 fully saturated rings. The maximum atomic E-state index is 13.1. The lowest BCUT2D eigenvalue weighted by Gasteiger charge is -2.27. The largest absolute Gasteiger partial charge is 0.481 e. The summed E-state index contributed by atoms with van der Waals surface area (Å²) in [5.74, 6) is -2.40. The molecule has 1 rings (SSSR count). The Hall–Kier alpha value is -1.95. The van der Waals surface area contributed by atoms with Crippen LogP contribution in [-0.4, -0.2) is 39.6 Å². The van der Waals surface area contributed by atoms with E-state index < -0.39 is 23.8 Å². The molecule has 0 aliphatic heterocycles. The summed E-state index contributed by atoms with van der Waals surface area (Å²) in [5, 5.41) is 17.9. The third-order valence-electron chi connectivity index (χ3n) is 3.00. The molecule has 1 aromatic rings. The molecule has 0 radical (unpaired) electrons. The molecule has 6 heteroatoms. The molecule has 20 heavy (non-hydrogen) atoms. The quantitative estimate of drug-likeness (QED) is 0.762. The van der Waals surface area contributed by atoms with Gasteiger partial charge in [-0.1, -0.05) is 19.1 Å². The van der Waals surface area contributed by atoms with E-state index in [0.29, 0.717) is 12.0 Å². The van der Waals surface area contributed by atoms with Gasteiger partial charge in [-0.05, 0) is 24.1 Å². The Kier molecular flexibility index (Phi) is 6.11. The molecule has 0 aliphatic carbocycles. The van der Waals surface area contributed by atoms with Crippen molar-refractivity contribution >= 4 is 11.9 Å². The van der Waals surface area contributed by atoms with Gasteiger partial charge in [-0.15, -0.1) is 0 Å². The number of hydrogen-bond acceptors (Lipinski definition) is 3. The number of carbonyl (C=O) groups is 2. The van der Waals surface area contributed by atoms with Gasteiger partial charge in [0, 0.05) is 13.1 Å². The van der Waals surface area contributed by atoms with Gasteiger partial charge < -0.3 is 10.2 Å². The van der Waals surface area contributed by atoms with E-state index in [0.717, 1.165) is 0 Å². The summed E-state index contributed by atoms with van der Waals surface area (Å²) in [6.07, 6.45) is 0.198. The van der Waals surface area contributed by atoms with Crippen LogP contribution in [0.25, 0.3) is 0 Å². The molecule has 0 saturated carbocycles. The second kappa shape index (κ2) is 7.59. The van der Waals surface area contributed by atoms with Crippen LogP contribution >= 0.6 is 0 Å². The number of aliphatic carboxylic acids is 2. The van der Waals surface area contributed by atoms with Crippen LogP contribution in [0.4, 0.5) is 4.39 Å². The summed E-state index contributed by atoms with van der Waals surface area (Å²) < 4.78 is 13.1. The summed E-state index contributed by atoms with van der Waals surface area (Å²) >= 11 is 0. The average molecular weight is 283 g/mol. The SMILES string of the molecule is CCC(C(=O)O)N(CCC(=O)O)Cc1cccc(F)c1. The van der Waals surface area contributed by atoms with Crippen molar-refractivity contribution in [2.24, 2.45) is 0 Å². The fraction of sp³-hybridized carbons (Fsp3) is 0.429. The molecule has 110 valence electrons. The second-order valence-electron chi connectivity index (χ2n) is 4.51. The van der Waals surface area contributed by atoms with Crippen molar-refractivity contribution in [3.63, 3.8) is 0 Å². The lowest BCUT2D eigenvalue weighted by atomic mass is 10.1. The van der Waals surface area contributed by atoms with Crippen molar-refractivity contribution in [1.29, 1.82) is 0 Å². The van der Waals surface area contributed by atoms with E-state index in [9.17, 15) is 19.1 Å². The third kappa shape index (κ3) is 4.97. The van der Waals surface area contributed by atoms with Crippen molar-refractivity contribution in [3.05, 3.63) is 35.6 Å². The van der Waals surface area contributed by atoms with Crippen LogP contribution in [0, 0.1) is 5.82 Å². The first kappa shape index (κ1) is 16.1. The first-order valence-corrected chi connectivity index (χ1v) is 6.37. The zero-order valence-electron chi connectivity index (χ0n) is 11.3. The van der Waals surface area contributed by atoms with Crippen molar-refractivity contribution in [2.45, 2.75) is 32.4 Å². The van der Waals surface area contributed by atoms with Gasteiger partial charge in [0.05, 0.1) is 6.42 Å². The lowest BCUT2D eigenvalue weighted by molar-refractivity contribution is -0.145. The summed E-state index contributed by atoms with van der Waals surface area (Å²) in [6, 6.07) is 5.08. The van der Waals surface area contributed by atoms with Crippen LogP contribution in [0.15, 0.2) is 24.3 Å². The molecule has 1 unspecified atom stereocenters. The zero-order chi connectivity index (χ0) is 15.1. The highest BCUT2D eigenvalue weighted by Crippen LogP contribution is 2.13. The summed E-state index contributed by atoms with van der Waals surface area (Å²) in [7, 11) is 0. The smallest absolute Gasteiger partial charge is 0.320 e. The highest BCUT2D eigenvalue weighted by Gasteiger charge is 2.24. The number of halogens is 1. The topological polar surface area (TPSA) is 77.8 Å². The van der Waals surface area contributed by atoms with Crippen LogP contribution in [0.2, 0.25) is 0 Å². The standard InChI is InChI=1S/C14H18FNO4/c1-2-12(14(19)20)16(7-6-13(17)18)9-10-4-3-5-11(15)8-10/h3-5,8,12H,2,6-7,9H2,1H3,(H,17,18)(H,19,20). The van der Waals surface area contributed by atoms with Gasteiger partial charge in [-0.3, -0.25) is 14.5 Å². The molecule has 0 aliphatic rings. The molecule has 1 atom stereocenters. The normalized spacial score (nSPS) is 12.3. The van der Waals surface area contributed by atoms with Gasteiger partial charge in [0.15, 0.2) is 0 Å². The Morgan fingerprint density at radius 3 is 2.55 bits per heavy atom. The minimum absolute atomic E-state index is 0.108. The van der Waals surface area contributed by atoms with Gasteiger partial charge in [0.25, 0.3) is 0 Å². The molecule has 0 saturated heterocycles. The monoisotopic (exact) mass is 283 g/mol. The number of carboxylic acids is 2. The van der Waals surface area contributed by atoms with E-state index in [2.05, 4.69) is 0 Å². The molecular formula is C14H18FNO4. The van der Waals surface area contributed by atoms with E-state index >= 15 is 0 Å². The second-order valence-corrected chi connectivity index (χ2v) is 4.51. The van der Waals surface area contributed by atoms with Gasteiger partial charge in [-0.2, -0.15) is 0 Å². The summed E-state index contributed by atoms with van der Waals surface area (Å²) in [5.41, 5.74) is 0.620. The van der Waals surface area contributed by atoms with Gasteiger partial charge in [0.2, 0.25) is 0 Å². The van der Waals surface area contributed by atoms with E-state index in [1.807, 2.05) is 0 Å². The Labute approximate surface area is 116 Å². The van der Waals surface area contributed by atoms with Gasteiger partial charge in [-0.25, -0.2) is 4.39 Å². The number of rotatable bonds is 8. The number of benzene rings is 1. The van der Waals surface area contributed by atoms with Gasteiger partial charge >= 0.3 is 11.9 Å². The van der Waals surface area contributed by atoms with Gasteiger partial charge in [0.1, 0.15) is 11.9 Å². The third-order valence-corrected chi connectivity index (χ3v) is 3.00. The van der Waals surface area contributed by atoms with Crippen molar-refractivity contribution < 1.29 is 24.2 Å². The predicted octanol–water partition coefficient (Wildman–Crippen LogP) is 1.97. The van der Waals surface area contributed by atoms with Crippen LogP contribution in [0.3, 0.4) is 0 Å². The Bertz CT molecular complexity index is 478. The molecule has 0 bridgehead atoms. The van der Waals surface area contributed by atoms with Crippen LogP contribution in [-0.2, 0) is 16.1 Å². The lowest BCUT2D eigenvalue weighted by Crippen LogP contribution is -2.41. The Balaban J connectivity index is 2.85.